The summed E-state index contributed by atoms with van der Waals surface area (Å²) in [4.78, 5) is 20.9. The Morgan fingerprint density at radius 2 is 0.933 bits per heavy atom. The fraction of sp³-hybridized carbons (Fsp3) is 1.00. The Morgan fingerprint density at radius 1 is 0.633 bits per heavy atom. The molecule has 3 unspecified atom stereocenters. The van der Waals surface area contributed by atoms with E-state index in [-0.39, 0.29) is 12.1 Å². The molecule has 0 amide bonds. The average molecular weight is 453 g/mol. The first kappa shape index (κ1) is 34.7. The summed E-state index contributed by atoms with van der Waals surface area (Å²) in [6.45, 7) is 15.2. The van der Waals surface area contributed by atoms with Crippen molar-refractivity contribution in [2.45, 2.75) is 119 Å². The topological polar surface area (TPSA) is 118 Å². The molecule has 0 aromatic heterocycles. The van der Waals surface area contributed by atoms with Crippen LogP contribution in [-0.4, -0.2) is 19.3 Å². The monoisotopic (exact) mass is 452 g/mol. The van der Waals surface area contributed by atoms with E-state index in [0.717, 1.165) is 50.6 Å². The molecule has 0 spiro atoms. The van der Waals surface area contributed by atoms with Crippen molar-refractivity contribution in [1.82, 2.24) is 0 Å². The van der Waals surface area contributed by atoms with E-state index in [0.29, 0.717) is 0 Å². The number of hydrogen-bond donors (Lipinski definition) is 2. The van der Waals surface area contributed by atoms with Gasteiger partial charge in [-0.3, -0.25) is 0 Å². The fourth-order valence-corrected chi connectivity index (χ4v) is 4.40. The molecule has 5 nitrogen and oxygen atoms in total. The number of unbranched alkanes of at least 4 members (excludes halogenated alkanes) is 3. The molecular weight excluding hydrogens is 395 g/mol. The van der Waals surface area contributed by atoms with Gasteiger partial charge in [-0.25, -0.2) is 0 Å². The van der Waals surface area contributed by atoms with Crippen LogP contribution in [0.25, 0.3) is 0 Å². The van der Waals surface area contributed by atoms with Gasteiger partial charge in [0.05, 0.1) is 13.1 Å². The van der Waals surface area contributed by atoms with Gasteiger partial charge in [0.15, 0.2) is 0 Å². The standard InChI is InChI=1S/2C8H19N.C8H19O3P/c2*1-3-5-6-8(4-2)7-9;1-3-5-6-8(4-2)7-12(9,10)11/h2*8H,3-7,9H2,1-2H3;8H,3-7H2,1-2H3,(H2,9,10,11). The zero-order valence-electron chi connectivity index (χ0n) is 21.4. The maximum atomic E-state index is 10.4. The van der Waals surface area contributed by atoms with Crippen molar-refractivity contribution in [2.24, 2.45) is 17.8 Å². The minimum atomic E-state index is -4.28. The van der Waals surface area contributed by atoms with Crippen molar-refractivity contribution < 1.29 is 25.8 Å². The van der Waals surface area contributed by atoms with Crippen LogP contribution in [0.4, 0.5) is 0 Å². The first-order chi connectivity index (χ1) is 14.2. The molecule has 0 rings (SSSR count). The Balaban J connectivity index is -0.000000371. The van der Waals surface area contributed by atoms with Crippen LogP contribution in [0.1, 0.15) is 119 Å². The molecule has 0 aliphatic rings. The summed E-state index contributed by atoms with van der Waals surface area (Å²) in [5, 5.41) is 0. The van der Waals surface area contributed by atoms with Crippen molar-refractivity contribution in [1.29, 1.82) is 0 Å². The van der Waals surface area contributed by atoms with E-state index in [1.54, 1.807) is 0 Å². The lowest BCUT2D eigenvalue weighted by molar-refractivity contribution is -0.380. The molecule has 0 radical (unpaired) electrons. The van der Waals surface area contributed by atoms with E-state index in [4.69, 9.17) is 0 Å². The minimum absolute atomic E-state index is 0.0748. The molecule has 0 aliphatic heterocycles. The molecule has 0 aromatic carbocycles. The second kappa shape index (κ2) is 25.3. The van der Waals surface area contributed by atoms with E-state index in [1.807, 2.05) is 6.92 Å². The largest absolute Gasteiger partial charge is 0.811 e. The summed E-state index contributed by atoms with van der Waals surface area (Å²) in [6, 6.07) is 0. The molecule has 186 valence electrons. The quantitative estimate of drug-likeness (QED) is 0.344. The molecule has 0 heterocycles. The number of hydrogen-bond acceptors (Lipinski definition) is 3. The van der Waals surface area contributed by atoms with E-state index < -0.39 is 7.60 Å². The van der Waals surface area contributed by atoms with E-state index in [9.17, 15) is 14.4 Å². The lowest BCUT2D eigenvalue weighted by Crippen LogP contribution is -2.53. The van der Waals surface area contributed by atoms with Gasteiger partial charge >= 0.3 is 0 Å². The molecule has 6 N–H and O–H groups in total. The molecule has 0 bridgehead atoms. The van der Waals surface area contributed by atoms with Gasteiger partial charge in [-0.1, -0.05) is 101 Å². The average Bonchev–Trinajstić information content (AvgIpc) is 2.73. The summed E-state index contributed by atoms with van der Waals surface area (Å²) in [5.41, 5.74) is 7.82. The van der Waals surface area contributed by atoms with Crippen LogP contribution in [0.2, 0.25) is 0 Å². The molecule has 0 saturated carbocycles. The van der Waals surface area contributed by atoms with E-state index in [1.165, 1.54) is 51.4 Å². The third-order valence-electron chi connectivity index (χ3n) is 5.93. The highest BCUT2D eigenvalue weighted by Gasteiger charge is 2.07. The van der Waals surface area contributed by atoms with Crippen molar-refractivity contribution >= 4 is 7.60 Å². The van der Waals surface area contributed by atoms with Crippen LogP contribution in [0.3, 0.4) is 0 Å². The first-order valence-electron chi connectivity index (χ1n) is 12.8. The number of rotatable bonds is 16. The Hall–Kier alpha value is 0.0700. The van der Waals surface area contributed by atoms with Crippen LogP contribution in [0.15, 0.2) is 0 Å². The van der Waals surface area contributed by atoms with Gasteiger partial charge < -0.3 is 25.8 Å². The van der Waals surface area contributed by atoms with Crippen molar-refractivity contribution in [3.63, 3.8) is 0 Å². The van der Waals surface area contributed by atoms with Crippen LogP contribution in [-0.2, 0) is 4.57 Å². The summed E-state index contributed by atoms with van der Waals surface area (Å²) in [6.07, 6.45) is 14.4. The van der Waals surface area contributed by atoms with Gasteiger partial charge in [-0.05, 0) is 37.8 Å². The lowest BCUT2D eigenvalue weighted by atomic mass is 10.00. The van der Waals surface area contributed by atoms with Crippen LogP contribution < -0.4 is 21.3 Å². The van der Waals surface area contributed by atoms with E-state index in [2.05, 4.69) is 46.1 Å². The van der Waals surface area contributed by atoms with Crippen molar-refractivity contribution in [3.05, 3.63) is 0 Å². The second-order valence-electron chi connectivity index (χ2n) is 8.62. The van der Waals surface area contributed by atoms with Gasteiger partial charge in [0, 0.05) is 11.8 Å². The van der Waals surface area contributed by atoms with Crippen molar-refractivity contribution in [3.8, 4) is 0 Å². The van der Waals surface area contributed by atoms with Crippen LogP contribution in [0.5, 0.6) is 0 Å². The highest BCUT2D eigenvalue weighted by atomic mass is 31.2. The Bertz CT molecular complexity index is 340. The normalized spacial score (nSPS) is 14.1. The maximum absolute atomic E-state index is 10.4. The fourth-order valence-electron chi connectivity index (χ4n) is 3.32. The Labute approximate surface area is 189 Å². The highest BCUT2D eigenvalue weighted by molar-refractivity contribution is 7.48. The SMILES string of the molecule is CCCCC(CC)CP(=O)([O-])[O-].CCCCC(CC)C[NH3+].CCCCC(CC)C[NH3+]. The first-order valence-corrected chi connectivity index (χ1v) is 14.5. The predicted molar refractivity (Wildman–Crippen MR) is 128 cm³/mol. The Kier molecular flexibility index (Phi) is 29.3. The summed E-state index contributed by atoms with van der Waals surface area (Å²) in [5.74, 6) is 1.86. The number of quaternary nitrogens is 2. The summed E-state index contributed by atoms with van der Waals surface area (Å²) >= 11 is 0. The smallest absolute Gasteiger partial charge is 0.0768 e. The molecule has 3 atom stereocenters. The van der Waals surface area contributed by atoms with Crippen LogP contribution >= 0.6 is 7.60 Å². The summed E-state index contributed by atoms with van der Waals surface area (Å²) in [7, 11) is -4.28. The second-order valence-corrected chi connectivity index (χ2v) is 10.2. The highest BCUT2D eigenvalue weighted by Crippen LogP contribution is 2.30. The molecule has 6 heteroatoms. The molecule has 0 fully saturated rings. The molecule has 30 heavy (non-hydrogen) atoms. The maximum Gasteiger partial charge on any atom is 0.0768 e. The molecule has 0 aliphatic carbocycles. The van der Waals surface area contributed by atoms with Crippen molar-refractivity contribution in [2.75, 3.05) is 19.3 Å². The zero-order valence-corrected chi connectivity index (χ0v) is 22.3. The molecule has 0 aromatic rings. The molecular formula is C24H57N2O3P. The minimum Gasteiger partial charge on any atom is -0.811 e. The third kappa shape index (κ3) is 28.1. The Morgan fingerprint density at radius 3 is 1.13 bits per heavy atom. The van der Waals surface area contributed by atoms with Crippen LogP contribution in [0, 0.1) is 17.8 Å². The zero-order chi connectivity index (χ0) is 23.8. The lowest BCUT2D eigenvalue weighted by Gasteiger charge is -2.33. The van der Waals surface area contributed by atoms with Gasteiger partial charge in [0.25, 0.3) is 0 Å². The summed E-state index contributed by atoms with van der Waals surface area (Å²) < 4.78 is 10.4. The van der Waals surface area contributed by atoms with Gasteiger partial charge in [0.1, 0.15) is 0 Å². The van der Waals surface area contributed by atoms with Gasteiger partial charge in [0.2, 0.25) is 0 Å². The third-order valence-corrected chi connectivity index (χ3v) is 6.89. The van der Waals surface area contributed by atoms with Gasteiger partial charge in [-0.15, -0.1) is 0 Å². The van der Waals surface area contributed by atoms with Gasteiger partial charge in [-0.2, -0.15) is 0 Å². The van der Waals surface area contributed by atoms with E-state index >= 15 is 0 Å². The molecule has 0 saturated heterocycles. The predicted octanol–water partition coefficient (Wildman–Crippen LogP) is 4.01.